The molecule has 0 saturated carbocycles. The Morgan fingerprint density at radius 1 is 0.452 bits per heavy atom. The number of rotatable bonds is 35. The second-order valence-electron chi connectivity index (χ2n) is 12.9. The quantitative estimate of drug-likeness (QED) is 0.0590. The van der Waals surface area contributed by atoms with E-state index in [1.807, 2.05) is 0 Å². The summed E-state index contributed by atoms with van der Waals surface area (Å²) in [5, 5.41) is 9.31. The molecule has 3 nitrogen and oxygen atoms in total. The highest BCUT2D eigenvalue weighted by atomic mass is 16.4. The van der Waals surface area contributed by atoms with Crippen molar-refractivity contribution in [2.75, 3.05) is 19.6 Å². The lowest BCUT2D eigenvalue weighted by Gasteiger charge is -2.20. The molecule has 0 fully saturated rings. The van der Waals surface area contributed by atoms with E-state index in [4.69, 9.17) is 0 Å². The molecule has 0 spiro atoms. The largest absolute Gasteiger partial charge is 0.480 e. The molecule has 0 aliphatic carbocycles. The SMILES string of the molecule is CCCCC/C=C\C/C=C\CCCCCCCCCN(CCCCCCCCCCCCCCCCCC)CC(=O)O. The molecule has 0 aliphatic heterocycles. The van der Waals surface area contributed by atoms with Crippen LogP contribution in [-0.2, 0) is 4.79 Å². The lowest BCUT2D eigenvalue weighted by atomic mass is 10.0. The normalized spacial score (nSPS) is 12.0. The van der Waals surface area contributed by atoms with Crippen molar-refractivity contribution in [2.45, 2.75) is 200 Å². The van der Waals surface area contributed by atoms with Crippen molar-refractivity contribution in [3.63, 3.8) is 0 Å². The van der Waals surface area contributed by atoms with Gasteiger partial charge in [-0.3, -0.25) is 9.69 Å². The van der Waals surface area contributed by atoms with Gasteiger partial charge in [0.1, 0.15) is 0 Å². The van der Waals surface area contributed by atoms with Gasteiger partial charge >= 0.3 is 5.97 Å². The molecule has 0 atom stereocenters. The molecule has 0 radical (unpaired) electrons. The standard InChI is InChI=1S/C39H75NO2/c1-3-5-7-9-11-13-15-17-19-21-23-25-27-29-31-33-35-37-40(38-39(41)42)36-34-32-30-28-26-24-22-20-18-16-14-12-10-8-6-4-2/h11,13,17,19H,3-10,12,14-16,18,20-38H2,1-2H3,(H,41,42)/b13-11-,19-17-. The van der Waals surface area contributed by atoms with Crippen LogP contribution in [0.5, 0.6) is 0 Å². The van der Waals surface area contributed by atoms with Crippen LogP contribution in [0.4, 0.5) is 0 Å². The van der Waals surface area contributed by atoms with E-state index in [1.54, 1.807) is 0 Å². The van der Waals surface area contributed by atoms with Crippen LogP contribution in [0.25, 0.3) is 0 Å². The van der Waals surface area contributed by atoms with E-state index >= 15 is 0 Å². The third-order valence-corrected chi connectivity index (χ3v) is 8.61. The maximum absolute atomic E-state index is 11.3. The van der Waals surface area contributed by atoms with E-state index in [-0.39, 0.29) is 6.54 Å². The van der Waals surface area contributed by atoms with Crippen LogP contribution in [-0.4, -0.2) is 35.6 Å². The van der Waals surface area contributed by atoms with Crippen LogP contribution < -0.4 is 0 Å². The first-order chi connectivity index (χ1) is 20.7. The summed E-state index contributed by atoms with van der Waals surface area (Å²) in [6.45, 7) is 6.65. The Balaban J connectivity index is 3.53. The lowest BCUT2D eigenvalue weighted by Crippen LogP contribution is -2.31. The van der Waals surface area contributed by atoms with Gasteiger partial charge in [0, 0.05) is 0 Å². The Hall–Kier alpha value is -1.09. The molecule has 0 aromatic heterocycles. The van der Waals surface area contributed by atoms with E-state index in [1.165, 1.54) is 167 Å². The van der Waals surface area contributed by atoms with E-state index < -0.39 is 5.97 Å². The van der Waals surface area contributed by atoms with Crippen molar-refractivity contribution < 1.29 is 9.90 Å². The number of carboxylic acids is 1. The van der Waals surface area contributed by atoms with Crippen LogP contribution in [0.3, 0.4) is 0 Å². The minimum Gasteiger partial charge on any atom is -0.480 e. The summed E-state index contributed by atoms with van der Waals surface area (Å²) in [6, 6.07) is 0. The molecule has 0 aromatic carbocycles. The number of hydrogen-bond acceptors (Lipinski definition) is 2. The molecule has 0 saturated heterocycles. The Labute approximate surface area is 264 Å². The average Bonchev–Trinajstić information content (AvgIpc) is 2.98. The van der Waals surface area contributed by atoms with Gasteiger partial charge in [0.15, 0.2) is 0 Å². The zero-order valence-electron chi connectivity index (χ0n) is 28.7. The molecule has 248 valence electrons. The summed E-state index contributed by atoms with van der Waals surface area (Å²) in [5.41, 5.74) is 0. The highest BCUT2D eigenvalue weighted by Crippen LogP contribution is 2.14. The van der Waals surface area contributed by atoms with Crippen LogP contribution in [0, 0.1) is 0 Å². The third kappa shape index (κ3) is 35.1. The first-order valence-electron chi connectivity index (χ1n) is 18.9. The van der Waals surface area contributed by atoms with Gasteiger partial charge in [0.05, 0.1) is 6.54 Å². The second kappa shape index (κ2) is 36.1. The van der Waals surface area contributed by atoms with E-state index in [0.29, 0.717) is 0 Å². The Bertz CT molecular complexity index is 585. The van der Waals surface area contributed by atoms with Crippen LogP contribution >= 0.6 is 0 Å². The fourth-order valence-electron chi connectivity index (χ4n) is 5.85. The van der Waals surface area contributed by atoms with Gasteiger partial charge in [0.25, 0.3) is 0 Å². The summed E-state index contributed by atoms with van der Waals surface area (Å²) in [5.74, 6) is -0.677. The average molecular weight is 590 g/mol. The second-order valence-corrected chi connectivity index (χ2v) is 12.9. The monoisotopic (exact) mass is 590 g/mol. The molecule has 3 heteroatoms. The molecular formula is C39H75NO2. The van der Waals surface area contributed by atoms with E-state index in [9.17, 15) is 9.90 Å². The van der Waals surface area contributed by atoms with Crippen LogP contribution in [0.15, 0.2) is 24.3 Å². The van der Waals surface area contributed by atoms with Crippen LogP contribution in [0.1, 0.15) is 200 Å². The number of allylic oxidation sites excluding steroid dienone is 4. The van der Waals surface area contributed by atoms with Crippen molar-refractivity contribution >= 4 is 5.97 Å². The molecular weight excluding hydrogens is 514 g/mol. The van der Waals surface area contributed by atoms with Gasteiger partial charge in [-0.2, -0.15) is 0 Å². The van der Waals surface area contributed by atoms with Gasteiger partial charge < -0.3 is 5.11 Å². The maximum Gasteiger partial charge on any atom is 0.317 e. The summed E-state index contributed by atoms with van der Waals surface area (Å²) < 4.78 is 0. The third-order valence-electron chi connectivity index (χ3n) is 8.61. The van der Waals surface area contributed by atoms with Gasteiger partial charge in [-0.25, -0.2) is 0 Å². The molecule has 0 aromatic rings. The molecule has 0 aliphatic rings. The molecule has 0 amide bonds. The Morgan fingerprint density at radius 2 is 0.762 bits per heavy atom. The van der Waals surface area contributed by atoms with Gasteiger partial charge in [-0.05, 0) is 58.0 Å². The number of nitrogens with zero attached hydrogens (tertiary/aromatic N) is 1. The summed E-state index contributed by atoms with van der Waals surface area (Å²) in [7, 11) is 0. The lowest BCUT2D eigenvalue weighted by molar-refractivity contribution is -0.138. The first-order valence-corrected chi connectivity index (χ1v) is 18.9. The van der Waals surface area contributed by atoms with E-state index in [0.717, 1.165) is 32.4 Å². The number of carbonyl (C=O) groups is 1. The molecule has 0 unspecified atom stereocenters. The Kier molecular flexibility index (Phi) is 35.2. The molecule has 0 rings (SSSR count). The van der Waals surface area contributed by atoms with E-state index in [2.05, 4.69) is 43.1 Å². The number of aliphatic carboxylic acids is 1. The van der Waals surface area contributed by atoms with Gasteiger partial charge in [-0.15, -0.1) is 0 Å². The molecule has 1 N–H and O–H groups in total. The van der Waals surface area contributed by atoms with Crippen molar-refractivity contribution in [1.82, 2.24) is 4.90 Å². The van der Waals surface area contributed by atoms with Crippen molar-refractivity contribution in [3.05, 3.63) is 24.3 Å². The minimum absolute atomic E-state index is 0.209. The Morgan fingerprint density at radius 3 is 1.14 bits per heavy atom. The van der Waals surface area contributed by atoms with Crippen LogP contribution in [0.2, 0.25) is 0 Å². The van der Waals surface area contributed by atoms with Gasteiger partial charge in [-0.1, -0.05) is 179 Å². The number of carboxylic acid groups (broad SMARTS) is 1. The summed E-state index contributed by atoms with van der Waals surface area (Å²) >= 11 is 0. The summed E-state index contributed by atoms with van der Waals surface area (Å²) in [4.78, 5) is 13.5. The maximum atomic E-state index is 11.3. The molecule has 0 bridgehead atoms. The fraction of sp³-hybridized carbons (Fsp3) is 0.872. The summed E-state index contributed by atoms with van der Waals surface area (Å²) in [6.07, 6.45) is 47.9. The number of unbranched alkanes of at least 4 members (excludes halogenated alkanes) is 25. The van der Waals surface area contributed by atoms with Crippen molar-refractivity contribution in [3.8, 4) is 0 Å². The highest BCUT2D eigenvalue weighted by molar-refractivity contribution is 5.69. The zero-order chi connectivity index (χ0) is 30.6. The minimum atomic E-state index is -0.677. The van der Waals surface area contributed by atoms with Gasteiger partial charge in [0.2, 0.25) is 0 Å². The van der Waals surface area contributed by atoms with Crippen molar-refractivity contribution in [1.29, 1.82) is 0 Å². The highest BCUT2D eigenvalue weighted by Gasteiger charge is 2.09. The topological polar surface area (TPSA) is 40.5 Å². The van der Waals surface area contributed by atoms with Crippen molar-refractivity contribution in [2.24, 2.45) is 0 Å². The first kappa shape index (κ1) is 40.9. The predicted molar refractivity (Wildman–Crippen MR) is 188 cm³/mol. The molecule has 0 heterocycles. The smallest absolute Gasteiger partial charge is 0.317 e. The number of hydrogen-bond donors (Lipinski definition) is 1. The molecule has 42 heavy (non-hydrogen) atoms. The predicted octanol–water partition coefficient (Wildman–Crippen LogP) is 12.8. The fourth-order valence-corrected chi connectivity index (χ4v) is 5.85. The zero-order valence-corrected chi connectivity index (χ0v) is 28.7.